The van der Waals surface area contributed by atoms with E-state index in [9.17, 15) is 22.6 Å². The van der Waals surface area contributed by atoms with Gasteiger partial charge in [0, 0.05) is 0 Å². The predicted octanol–water partition coefficient (Wildman–Crippen LogP) is 7.78. The maximum absolute atomic E-state index is 12.7. The highest BCUT2D eigenvalue weighted by atomic mass is 32.2. The lowest BCUT2D eigenvalue weighted by Crippen LogP contribution is -2.16. The summed E-state index contributed by atoms with van der Waals surface area (Å²) in [6.07, 6.45) is 20.9. The molecule has 0 aliphatic heterocycles. The van der Waals surface area contributed by atoms with Crippen LogP contribution in [0.1, 0.15) is 124 Å². The lowest BCUT2D eigenvalue weighted by Gasteiger charge is -2.10. The maximum Gasteiger partial charge on any atom is 0.345 e. The molecule has 1 aromatic carbocycles. The van der Waals surface area contributed by atoms with Gasteiger partial charge in [0.1, 0.15) is 4.90 Å². The molecule has 1 aromatic rings. The van der Waals surface area contributed by atoms with Crippen molar-refractivity contribution in [1.82, 2.24) is 0 Å². The van der Waals surface area contributed by atoms with Crippen molar-refractivity contribution in [3.05, 3.63) is 54.0 Å². The molecule has 0 spiro atoms. The number of unbranched alkanes of at least 4 members (excludes halogenated alkanes) is 12. The van der Waals surface area contributed by atoms with Crippen molar-refractivity contribution >= 4 is 22.1 Å². The minimum absolute atomic E-state index is 0.302. The maximum atomic E-state index is 12.7. The Balaban J connectivity index is 2.74. The predicted molar refractivity (Wildman–Crippen MR) is 141 cm³/mol. The van der Waals surface area contributed by atoms with Crippen LogP contribution in [-0.2, 0) is 19.6 Å². The van der Waals surface area contributed by atoms with Gasteiger partial charge in [-0.3, -0.25) is 4.55 Å². The number of carbonyl (C=O) groups excluding carboxylic acids is 2. The zero-order chi connectivity index (χ0) is 26.7. The molecule has 202 valence electrons. The van der Waals surface area contributed by atoms with Gasteiger partial charge in [-0.1, -0.05) is 84.1 Å². The molecule has 8 heteroatoms. The van der Waals surface area contributed by atoms with Gasteiger partial charge < -0.3 is 9.47 Å². The second-order valence-electron chi connectivity index (χ2n) is 8.82. The molecular formula is C28H42O7S. The molecule has 0 amide bonds. The van der Waals surface area contributed by atoms with E-state index >= 15 is 0 Å². The molecule has 0 unspecified atom stereocenters. The summed E-state index contributed by atoms with van der Waals surface area (Å²) in [5, 5.41) is 0. The van der Waals surface area contributed by atoms with E-state index < -0.39 is 32.5 Å². The van der Waals surface area contributed by atoms with Crippen LogP contribution in [0.5, 0.6) is 0 Å². The Labute approximate surface area is 216 Å². The largest absolute Gasteiger partial charge is 0.431 e. The Morgan fingerprint density at radius 1 is 0.750 bits per heavy atom. The molecule has 7 nitrogen and oxygen atoms in total. The Morgan fingerprint density at radius 2 is 1.22 bits per heavy atom. The third kappa shape index (κ3) is 13.0. The number of hydrogen-bond acceptors (Lipinski definition) is 6. The minimum Gasteiger partial charge on any atom is -0.431 e. The quantitative estimate of drug-likeness (QED) is 0.0855. The van der Waals surface area contributed by atoms with Crippen molar-refractivity contribution < 1.29 is 32.0 Å². The van der Waals surface area contributed by atoms with Gasteiger partial charge in [0.2, 0.25) is 0 Å². The summed E-state index contributed by atoms with van der Waals surface area (Å²) < 4.78 is 43.5. The molecule has 1 rings (SSSR count). The van der Waals surface area contributed by atoms with Crippen molar-refractivity contribution in [3.63, 3.8) is 0 Å². The van der Waals surface area contributed by atoms with Crippen molar-refractivity contribution in [2.75, 3.05) is 0 Å². The fraction of sp³-hybridized carbons (Fsp3) is 0.571. The van der Waals surface area contributed by atoms with Gasteiger partial charge in [0.15, 0.2) is 0 Å². The second-order valence-corrected chi connectivity index (χ2v) is 10.2. The lowest BCUT2D eigenvalue weighted by molar-refractivity contribution is 0.0614. The van der Waals surface area contributed by atoms with Crippen molar-refractivity contribution in [3.8, 4) is 0 Å². The number of esters is 2. The topological polar surface area (TPSA) is 107 Å². The van der Waals surface area contributed by atoms with Gasteiger partial charge in [0.25, 0.3) is 10.1 Å². The molecule has 0 aromatic heterocycles. The fourth-order valence-corrected chi connectivity index (χ4v) is 4.39. The Bertz CT molecular complexity index is 949. The van der Waals surface area contributed by atoms with E-state index in [1.54, 1.807) is 12.2 Å². The average Bonchev–Trinajstić information content (AvgIpc) is 2.85. The number of carbonyl (C=O) groups is 2. The summed E-state index contributed by atoms with van der Waals surface area (Å²) in [6, 6.07) is 3.55. The molecular weight excluding hydrogens is 480 g/mol. The van der Waals surface area contributed by atoms with Crippen LogP contribution in [-0.4, -0.2) is 24.9 Å². The molecule has 0 atom stereocenters. The smallest absolute Gasteiger partial charge is 0.345 e. The fourth-order valence-electron chi connectivity index (χ4n) is 3.69. The van der Waals surface area contributed by atoms with E-state index in [2.05, 4.69) is 13.8 Å². The second kappa shape index (κ2) is 18.8. The van der Waals surface area contributed by atoms with E-state index in [0.717, 1.165) is 44.6 Å². The van der Waals surface area contributed by atoms with Crippen molar-refractivity contribution in [2.45, 2.75) is 109 Å². The highest BCUT2D eigenvalue weighted by Crippen LogP contribution is 2.22. The molecule has 1 N–H and O–H groups in total. The summed E-state index contributed by atoms with van der Waals surface area (Å²) in [5.74, 6) is -1.98. The lowest BCUT2D eigenvalue weighted by atomic mass is 10.1. The summed E-state index contributed by atoms with van der Waals surface area (Å²) in [6.45, 7) is 4.33. The summed E-state index contributed by atoms with van der Waals surface area (Å²) in [5.41, 5.74) is -0.859. The molecule has 0 saturated carbocycles. The molecule has 0 heterocycles. The van der Waals surface area contributed by atoms with Crippen LogP contribution in [0, 0.1) is 0 Å². The number of hydrogen-bond donors (Lipinski definition) is 1. The first kappa shape index (κ1) is 31.6. The van der Waals surface area contributed by atoms with Crippen LogP contribution in [0.2, 0.25) is 0 Å². The number of benzene rings is 1. The third-order valence-corrected chi connectivity index (χ3v) is 6.62. The standard InChI is InChI=1S/C28H42O7S/c1-3-5-7-9-11-13-15-17-22-34-27(29)24-20-19-21-25(36(31,32)33)26(24)28(30)35-23-18-16-14-12-10-8-6-4-2/h17-23H,3-16H2,1-2H3,(H,31,32,33)/b22-17+,23-18+. The first-order valence-electron chi connectivity index (χ1n) is 13.1. The summed E-state index contributed by atoms with van der Waals surface area (Å²) in [4.78, 5) is 24.6. The minimum atomic E-state index is -4.78. The zero-order valence-electron chi connectivity index (χ0n) is 21.7. The van der Waals surface area contributed by atoms with E-state index in [1.807, 2.05) is 0 Å². The van der Waals surface area contributed by atoms with Gasteiger partial charge in [0.05, 0.1) is 23.7 Å². The molecule has 0 bridgehead atoms. The van der Waals surface area contributed by atoms with Crippen LogP contribution < -0.4 is 0 Å². The molecule has 36 heavy (non-hydrogen) atoms. The number of ether oxygens (including phenoxy) is 2. The Hall–Kier alpha value is -2.45. The molecule has 0 aliphatic rings. The first-order chi connectivity index (χ1) is 17.3. The SMILES string of the molecule is CCCCCCCC/C=C/OC(=O)c1cccc(S(=O)(=O)O)c1C(=O)O/C=C/CCCCCCCC. The van der Waals surface area contributed by atoms with Crippen LogP contribution in [0.3, 0.4) is 0 Å². The van der Waals surface area contributed by atoms with Gasteiger partial charge >= 0.3 is 11.9 Å². The summed E-state index contributed by atoms with van der Waals surface area (Å²) in [7, 11) is -4.78. The zero-order valence-corrected chi connectivity index (χ0v) is 22.6. The highest BCUT2D eigenvalue weighted by molar-refractivity contribution is 7.86. The Kier molecular flexibility index (Phi) is 16.5. The van der Waals surface area contributed by atoms with Crippen LogP contribution >= 0.6 is 0 Å². The van der Waals surface area contributed by atoms with Crippen LogP contribution in [0.25, 0.3) is 0 Å². The van der Waals surface area contributed by atoms with E-state index in [0.29, 0.717) is 6.42 Å². The number of rotatable bonds is 19. The molecule has 0 aliphatic carbocycles. The average molecular weight is 523 g/mol. The third-order valence-electron chi connectivity index (χ3n) is 5.72. The van der Waals surface area contributed by atoms with Crippen LogP contribution in [0.4, 0.5) is 0 Å². The van der Waals surface area contributed by atoms with Gasteiger partial charge in [-0.15, -0.1) is 0 Å². The first-order valence-corrected chi connectivity index (χ1v) is 14.6. The summed E-state index contributed by atoms with van der Waals surface area (Å²) >= 11 is 0. The van der Waals surface area contributed by atoms with E-state index in [-0.39, 0.29) is 5.56 Å². The normalized spacial score (nSPS) is 11.9. The highest BCUT2D eigenvalue weighted by Gasteiger charge is 2.28. The monoisotopic (exact) mass is 522 g/mol. The number of allylic oxidation sites excluding steroid dienone is 2. The van der Waals surface area contributed by atoms with Crippen LogP contribution in [0.15, 0.2) is 47.8 Å². The van der Waals surface area contributed by atoms with E-state index in [4.69, 9.17) is 9.47 Å². The van der Waals surface area contributed by atoms with Gasteiger partial charge in [-0.25, -0.2) is 9.59 Å². The Morgan fingerprint density at radius 3 is 1.72 bits per heavy atom. The molecule has 0 fully saturated rings. The molecule has 0 radical (unpaired) electrons. The molecule has 0 saturated heterocycles. The van der Waals surface area contributed by atoms with Crippen molar-refractivity contribution in [2.24, 2.45) is 0 Å². The van der Waals surface area contributed by atoms with Crippen molar-refractivity contribution in [1.29, 1.82) is 0 Å². The van der Waals surface area contributed by atoms with Gasteiger partial charge in [-0.2, -0.15) is 8.42 Å². The van der Waals surface area contributed by atoms with Gasteiger partial charge in [-0.05, 0) is 50.0 Å². The van der Waals surface area contributed by atoms with E-state index in [1.165, 1.54) is 69.6 Å².